The molecule has 0 spiro atoms. The van der Waals surface area contributed by atoms with Crippen LogP contribution >= 0.6 is 0 Å². The Balaban J connectivity index is 2.24. The number of nitrogens with zero attached hydrogens (tertiary/aromatic N) is 3. The number of nitro groups is 1. The van der Waals surface area contributed by atoms with Crippen LogP contribution in [0.4, 0.5) is 5.82 Å². The smallest absolute Gasteiger partial charge is 0.391 e. The summed E-state index contributed by atoms with van der Waals surface area (Å²) in [5.74, 6) is -0.295. The van der Waals surface area contributed by atoms with Crippen molar-refractivity contribution in [2.24, 2.45) is 0 Å². The molecule has 1 unspecified atom stereocenters. The summed E-state index contributed by atoms with van der Waals surface area (Å²) in [6.45, 7) is 0.260. The molecule has 16 heavy (non-hydrogen) atoms. The standard InChI is InChI=1S/C9H13N3O4/c13-6-7-5-11(10-9(7)12(14)15)8-3-1-2-4-16-8/h5,8,13H,1-4,6H2. The molecule has 0 aliphatic carbocycles. The number of hydrogen-bond donors (Lipinski definition) is 1. The van der Waals surface area contributed by atoms with E-state index in [1.165, 1.54) is 10.9 Å². The molecular weight excluding hydrogens is 214 g/mol. The Morgan fingerprint density at radius 1 is 1.69 bits per heavy atom. The van der Waals surface area contributed by atoms with Gasteiger partial charge < -0.3 is 20.0 Å². The summed E-state index contributed by atoms with van der Waals surface area (Å²) >= 11 is 0. The van der Waals surface area contributed by atoms with Gasteiger partial charge in [-0.2, -0.15) is 4.68 Å². The average Bonchev–Trinajstić information content (AvgIpc) is 2.74. The maximum Gasteiger partial charge on any atom is 0.395 e. The molecule has 1 aliphatic heterocycles. The first-order valence-corrected chi connectivity index (χ1v) is 5.17. The highest BCUT2D eigenvalue weighted by Gasteiger charge is 2.25. The van der Waals surface area contributed by atoms with Crippen molar-refractivity contribution in [3.8, 4) is 0 Å². The van der Waals surface area contributed by atoms with Crippen LogP contribution in [0.5, 0.6) is 0 Å². The minimum Gasteiger partial charge on any atom is -0.391 e. The molecule has 2 rings (SSSR count). The van der Waals surface area contributed by atoms with Crippen molar-refractivity contribution in [1.82, 2.24) is 9.78 Å². The summed E-state index contributed by atoms with van der Waals surface area (Å²) < 4.78 is 6.89. The Hall–Kier alpha value is -1.47. The van der Waals surface area contributed by atoms with Gasteiger partial charge in [0.25, 0.3) is 0 Å². The molecule has 1 aliphatic rings. The Bertz CT molecular complexity index is 384. The maximum atomic E-state index is 10.7. The van der Waals surface area contributed by atoms with Crippen LogP contribution < -0.4 is 0 Å². The summed E-state index contributed by atoms with van der Waals surface area (Å²) in [6.07, 6.45) is 4.06. The molecule has 0 aromatic carbocycles. The summed E-state index contributed by atoms with van der Waals surface area (Å²) in [6, 6.07) is 0. The Morgan fingerprint density at radius 3 is 3.00 bits per heavy atom. The van der Waals surface area contributed by atoms with E-state index in [1.54, 1.807) is 0 Å². The minimum absolute atomic E-state index is 0.221. The Kier molecular flexibility index (Phi) is 3.16. The fourth-order valence-electron chi connectivity index (χ4n) is 1.77. The van der Waals surface area contributed by atoms with E-state index < -0.39 is 4.92 Å². The van der Waals surface area contributed by atoms with Crippen molar-refractivity contribution in [2.45, 2.75) is 32.1 Å². The highest BCUT2D eigenvalue weighted by molar-refractivity contribution is 5.29. The third-order valence-electron chi connectivity index (χ3n) is 2.58. The van der Waals surface area contributed by atoms with Gasteiger partial charge in [0.1, 0.15) is 0 Å². The monoisotopic (exact) mass is 227 g/mol. The van der Waals surface area contributed by atoms with Gasteiger partial charge in [0, 0.05) is 6.61 Å². The first-order valence-electron chi connectivity index (χ1n) is 5.17. The molecule has 1 saturated heterocycles. The second-order valence-corrected chi connectivity index (χ2v) is 3.69. The lowest BCUT2D eigenvalue weighted by molar-refractivity contribution is -0.391. The quantitative estimate of drug-likeness (QED) is 0.614. The molecule has 1 fully saturated rings. The zero-order chi connectivity index (χ0) is 11.5. The number of rotatable bonds is 3. The highest BCUT2D eigenvalue weighted by Crippen LogP contribution is 2.25. The number of ether oxygens (including phenoxy) is 1. The van der Waals surface area contributed by atoms with Crippen LogP contribution in [0.2, 0.25) is 0 Å². The van der Waals surface area contributed by atoms with E-state index in [4.69, 9.17) is 9.84 Å². The van der Waals surface area contributed by atoms with Gasteiger partial charge in [-0.3, -0.25) is 0 Å². The van der Waals surface area contributed by atoms with Crippen LogP contribution in [0.3, 0.4) is 0 Å². The lowest BCUT2D eigenvalue weighted by Gasteiger charge is -2.20. The molecule has 0 saturated carbocycles. The topological polar surface area (TPSA) is 90.4 Å². The number of aliphatic hydroxyl groups is 1. The van der Waals surface area contributed by atoms with Gasteiger partial charge in [-0.25, -0.2) is 0 Å². The normalized spacial score (nSPS) is 20.9. The molecule has 1 atom stereocenters. The van der Waals surface area contributed by atoms with Crippen molar-refractivity contribution < 1.29 is 14.8 Å². The molecular formula is C9H13N3O4. The van der Waals surface area contributed by atoms with E-state index >= 15 is 0 Å². The second kappa shape index (κ2) is 4.58. The maximum absolute atomic E-state index is 10.7. The molecule has 0 amide bonds. The molecule has 2 heterocycles. The average molecular weight is 227 g/mol. The first kappa shape index (κ1) is 11.0. The van der Waals surface area contributed by atoms with E-state index in [0.29, 0.717) is 6.61 Å². The number of aliphatic hydroxyl groups excluding tert-OH is 1. The summed E-state index contributed by atoms with van der Waals surface area (Å²) in [5, 5.41) is 23.5. The highest BCUT2D eigenvalue weighted by atomic mass is 16.6. The molecule has 1 aromatic rings. The lowest BCUT2D eigenvalue weighted by Crippen LogP contribution is -2.18. The van der Waals surface area contributed by atoms with Gasteiger partial charge in [-0.05, 0) is 24.2 Å². The van der Waals surface area contributed by atoms with Crippen molar-refractivity contribution in [2.75, 3.05) is 6.61 Å². The van der Waals surface area contributed by atoms with E-state index in [-0.39, 0.29) is 24.2 Å². The SMILES string of the molecule is O=[N+]([O-])c1nn(C2CCCCO2)cc1CO. The van der Waals surface area contributed by atoms with Crippen LogP contribution in [-0.4, -0.2) is 26.4 Å². The van der Waals surface area contributed by atoms with Crippen molar-refractivity contribution in [3.05, 3.63) is 21.9 Å². The zero-order valence-corrected chi connectivity index (χ0v) is 8.70. The van der Waals surface area contributed by atoms with E-state index in [9.17, 15) is 10.1 Å². The summed E-state index contributed by atoms with van der Waals surface area (Å²) in [5.41, 5.74) is 0.221. The summed E-state index contributed by atoms with van der Waals surface area (Å²) in [7, 11) is 0. The lowest BCUT2D eigenvalue weighted by atomic mass is 10.2. The Morgan fingerprint density at radius 2 is 2.50 bits per heavy atom. The van der Waals surface area contributed by atoms with Crippen LogP contribution in [-0.2, 0) is 11.3 Å². The minimum atomic E-state index is -0.592. The predicted molar refractivity (Wildman–Crippen MR) is 53.6 cm³/mol. The predicted octanol–water partition coefficient (Wildman–Crippen LogP) is 0.983. The van der Waals surface area contributed by atoms with E-state index in [0.717, 1.165) is 19.3 Å². The third-order valence-corrected chi connectivity index (χ3v) is 2.58. The number of aromatic nitrogens is 2. The van der Waals surface area contributed by atoms with Crippen molar-refractivity contribution in [3.63, 3.8) is 0 Å². The fraction of sp³-hybridized carbons (Fsp3) is 0.667. The van der Waals surface area contributed by atoms with Crippen LogP contribution in [0.1, 0.15) is 31.1 Å². The van der Waals surface area contributed by atoms with Gasteiger partial charge in [0.15, 0.2) is 6.23 Å². The second-order valence-electron chi connectivity index (χ2n) is 3.69. The first-order chi connectivity index (χ1) is 7.72. The molecule has 7 heteroatoms. The van der Waals surface area contributed by atoms with Gasteiger partial charge in [-0.15, -0.1) is 0 Å². The fourth-order valence-corrected chi connectivity index (χ4v) is 1.77. The van der Waals surface area contributed by atoms with Gasteiger partial charge >= 0.3 is 5.82 Å². The number of hydrogen-bond acceptors (Lipinski definition) is 5. The van der Waals surface area contributed by atoms with Crippen molar-refractivity contribution in [1.29, 1.82) is 0 Å². The van der Waals surface area contributed by atoms with Crippen LogP contribution in [0.25, 0.3) is 0 Å². The van der Waals surface area contributed by atoms with Gasteiger partial charge in [0.05, 0.1) is 23.5 Å². The largest absolute Gasteiger partial charge is 0.395 e. The molecule has 1 aromatic heterocycles. The van der Waals surface area contributed by atoms with E-state index in [1.807, 2.05) is 0 Å². The van der Waals surface area contributed by atoms with Crippen LogP contribution in [0, 0.1) is 10.1 Å². The molecule has 1 N–H and O–H groups in total. The third kappa shape index (κ3) is 2.05. The summed E-state index contributed by atoms with van der Waals surface area (Å²) in [4.78, 5) is 10.1. The van der Waals surface area contributed by atoms with Gasteiger partial charge in [0.2, 0.25) is 0 Å². The molecule has 0 bridgehead atoms. The zero-order valence-electron chi connectivity index (χ0n) is 8.70. The van der Waals surface area contributed by atoms with Gasteiger partial charge in [-0.1, -0.05) is 0 Å². The Labute approximate surface area is 91.8 Å². The van der Waals surface area contributed by atoms with Crippen LogP contribution in [0.15, 0.2) is 6.20 Å². The van der Waals surface area contributed by atoms with Crippen molar-refractivity contribution >= 4 is 5.82 Å². The molecule has 7 nitrogen and oxygen atoms in total. The molecule has 0 radical (unpaired) electrons. The van der Waals surface area contributed by atoms with E-state index in [2.05, 4.69) is 5.10 Å². The molecule has 88 valence electrons.